The van der Waals surface area contributed by atoms with E-state index in [2.05, 4.69) is 14.8 Å². The molecule has 1 aliphatic rings. The van der Waals surface area contributed by atoms with Crippen LogP contribution < -0.4 is 14.8 Å². The van der Waals surface area contributed by atoms with Gasteiger partial charge >= 0.3 is 0 Å². The minimum Gasteiger partial charge on any atom is -0.326 e. The number of benzene rings is 2. The Morgan fingerprint density at radius 2 is 1.41 bits per heavy atom. The van der Waals surface area contributed by atoms with Crippen molar-refractivity contribution in [1.29, 1.82) is 0 Å². The number of rotatable bonds is 8. The van der Waals surface area contributed by atoms with Crippen molar-refractivity contribution in [2.75, 3.05) is 10.0 Å². The molecule has 0 aliphatic heterocycles. The fourth-order valence-electron chi connectivity index (χ4n) is 3.52. The van der Waals surface area contributed by atoms with Crippen molar-refractivity contribution in [1.82, 2.24) is 4.72 Å². The van der Waals surface area contributed by atoms with Crippen LogP contribution in [-0.4, -0.2) is 34.0 Å². The first kappa shape index (κ1) is 24.2. The van der Waals surface area contributed by atoms with Crippen molar-refractivity contribution in [3.63, 3.8) is 0 Å². The molecule has 174 valence electrons. The molecule has 1 saturated carbocycles. The molecule has 0 heterocycles. The standard InChI is InChI=1S/C22H29N3O5S2/c1-16(2)31(27,28)24-19-10-8-17(9-11-19)22(26)23-18-12-14-20(15-13-18)25-32(29,30)21-6-4-3-5-7-21/h3-7,12-17,19,24-25H,8-11H2,1-2H3,(H,23,26). The number of hydrogen-bond donors (Lipinski definition) is 3. The van der Waals surface area contributed by atoms with Gasteiger partial charge in [0.1, 0.15) is 0 Å². The molecule has 2 aromatic rings. The van der Waals surface area contributed by atoms with Crippen LogP contribution in [0.5, 0.6) is 0 Å². The van der Waals surface area contributed by atoms with E-state index in [-0.39, 0.29) is 22.8 Å². The van der Waals surface area contributed by atoms with Gasteiger partial charge in [-0.15, -0.1) is 0 Å². The van der Waals surface area contributed by atoms with E-state index in [0.717, 1.165) is 0 Å². The van der Waals surface area contributed by atoms with Crippen LogP contribution in [0.15, 0.2) is 59.5 Å². The minimum atomic E-state index is -3.68. The average Bonchev–Trinajstić information content (AvgIpc) is 2.75. The lowest BCUT2D eigenvalue weighted by Gasteiger charge is -2.28. The van der Waals surface area contributed by atoms with E-state index in [4.69, 9.17) is 0 Å². The molecular weight excluding hydrogens is 450 g/mol. The number of sulfonamides is 2. The number of amides is 1. The number of carbonyl (C=O) groups excluding carboxylic acids is 1. The molecule has 0 spiro atoms. The van der Waals surface area contributed by atoms with Gasteiger partial charge in [0.25, 0.3) is 10.0 Å². The second kappa shape index (κ2) is 10.0. The van der Waals surface area contributed by atoms with Crippen LogP contribution in [0, 0.1) is 5.92 Å². The van der Waals surface area contributed by atoms with E-state index in [0.29, 0.717) is 37.1 Å². The Morgan fingerprint density at radius 1 is 0.844 bits per heavy atom. The van der Waals surface area contributed by atoms with Crippen molar-refractivity contribution < 1.29 is 21.6 Å². The van der Waals surface area contributed by atoms with Gasteiger partial charge in [-0.1, -0.05) is 18.2 Å². The van der Waals surface area contributed by atoms with Crippen molar-refractivity contribution in [3.8, 4) is 0 Å². The molecule has 0 atom stereocenters. The van der Waals surface area contributed by atoms with E-state index in [1.165, 1.54) is 12.1 Å². The Balaban J connectivity index is 1.52. The average molecular weight is 480 g/mol. The summed E-state index contributed by atoms with van der Waals surface area (Å²) < 4.78 is 54.1. The molecule has 1 fully saturated rings. The Bertz CT molecular complexity index is 1120. The molecule has 2 aromatic carbocycles. The van der Waals surface area contributed by atoms with Crippen molar-refractivity contribution >= 4 is 37.3 Å². The van der Waals surface area contributed by atoms with E-state index in [1.54, 1.807) is 56.3 Å². The third-order valence-electron chi connectivity index (χ3n) is 5.51. The summed E-state index contributed by atoms with van der Waals surface area (Å²) in [7, 11) is -6.99. The molecule has 0 saturated heterocycles. The molecule has 1 amide bonds. The van der Waals surface area contributed by atoms with Crippen LogP contribution >= 0.6 is 0 Å². The summed E-state index contributed by atoms with van der Waals surface area (Å²) in [5, 5.41) is 2.38. The van der Waals surface area contributed by atoms with Crippen molar-refractivity contribution in [2.24, 2.45) is 5.92 Å². The smallest absolute Gasteiger partial charge is 0.261 e. The molecular formula is C22H29N3O5S2. The SMILES string of the molecule is CC(C)S(=O)(=O)NC1CCC(C(=O)Nc2ccc(NS(=O)(=O)c3ccccc3)cc2)CC1. The number of anilines is 2. The normalized spacial score (nSPS) is 19.5. The number of hydrogen-bond acceptors (Lipinski definition) is 5. The second-order valence-electron chi connectivity index (χ2n) is 8.25. The highest BCUT2D eigenvalue weighted by molar-refractivity contribution is 7.92. The van der Waals surface area contributed by atoms with Crippen LogP contribution in [0.1, 0.15) is 39.5 Å². The summed E-state index contributed by atoms with van der Waals surface area (Å²) in [6.07, 6.45) is 2.44. The van der Waals surface area contributed by atoms with Gasteiger partial charge in [-0.25, -0.2) is 21.6 Å². The maximum atomic E-state index is 12.6. The summed E-state index contributed by atoms with van der Waals surface area (Å²) in [5.74, 6) is -0.307. The highest BCUT2D eigenvalue weighted by Crippen LogP contribution is 2.27. The van der Waals surface area contributed by atoms with Gasteiger partial charge in [-0.3, -0.25) is 9.52 Å². The summed E-state index contributed by atoms with van der Waals surface area (Å²) in [6.45, 7) is 3.28. The zero-order valence-electron chi connectivity index (χ0n) is 18.1. The minimum absolute atomic E-state index is 0.118. The molecule has 0 bridgehead atoms. The predicted molar refractivity (Wildman–Crippen MR) is 125 cm³/mol. The maximum absolute atomic E-state index is 12.6. The fraction of sp³-hybridized carbons (Fsp3) is 0.409. The van der Waals surface area contributed by atoms with Crippen molar-refractivity contribution in [3.05, 3.63) is 54.6 Å². The lowest BCUT2D eigenvalue weighted by Crippen LogP contribution is -2.42. The van der Waals surface area contributed by atoms with Gasteiger partial charge in [0.2, 0.25) is 15.9 Å². The largest absolute Gasteiger partial charge is 0.326 e. The van der Waals surface area contributed by atoms with E-state index >= 15 is 0 Å². The summed E-state index contributed by atoms with van der Waals surface area (Å²) >= 11 is 0. The van der Waals surface area contributed by atoms with Gasteiger partial charge in [0, 0.05) is 23.3 Å². The van der Waals surface area contributed by atoms with E-state index in [9.17, 15) is 21.6 Å². The summed E-state index contributed by atoms with van der Waals surface area (Å²) in [4.78, 5) is 12.8. The summed E-state index contributed by atoms with van der Waals surface area (Å²) in [5.41, 5.74) is 0.963. The third kappa shape index (κ3) is 6.30. The molecule has 1 aliphatic carbocycles. The first-order chi connectivity index (χ1) is 15.1. The molecule has 0 radical (unpaired) electrons. The first-order valence-electron chi connectivity index (χ1n) is 10.6. The van der Waals surface area contributed by atoms with Gasteiger partial charge in [-0.05, 0) is 75.9 Å². The molecule has 0 aromatic heterocycles. The van der Waals surface area contributed by atoms with Crippen molar-refractivity contribution in [2.45, 2.75) is 55.7 Å². The highest BCUT2D eigenvalue weighted by atomic mass is 32.2. The van der Waals surface area contributed by atoms with Crippen LogP contribution in [0.25, 0.3) is 0 Å². The summed E-state index contributed by atoms with van der Waals surface area (Å²) in [6, 6.07) is 14.4. The lowest BCUT2D eigenvalue weighted by molar-refractivity contribution is -0.120. The van der Waals surface area contributed by atoms with E-state index < -0.39 is 25.3 Å². The molecule has 0 unspecified atom stereocenters. The zero-order chi connectivity index (χ0) is 23.4. The first-order valence-corrected chi connectivity index (χ1v) is 13.6. The Morgan fingerprint density at radius 3 is 1.97 bits per heavy atom. The quantitative estimate of drug-likeness (QED) is 0.536. The van der Waals surface area contributed by atoms with Crippen LogP contribution in [0.4, 0.5) is 11.4 Å². The maximum Gasteiger partial charge on any atom is 0.261 e. The van der Waals surface area contributed by atoms with Gasteiger partial charge in [0.05, 0.1) is 10.1 Å². The fourth-order valence-corrected chi connectivity index (χ4v) is 5.57. The number of nitrogens with one attached hydrogen (secondary N) is 3. The Kier molecular flexibility index (Phi) is 7.58. The van der Waals surface area contributed by atoms with Gasteiger partial charge < -0.3 is 5.32 Å². The molecule has 3 rings (SSSR count). The zero-order valence-corrected chi connectivity index (χ0v) is 19.7. The predicted octanol–water partition coefficient (Wildman–Crippen LogP) is 3.31. The second-order valence-corrected chi connectivity index (χ2v) is 12.2. The van der Waals surface area contributed by atoms with Crippen LogP contribution in [0.3, 0.4) is 0 Å². The Hall–Kier alpha value is -2.43. The Labute approximate surface area is 189 Å². The monoisotopic (exact) mass is 479 g/mol. The van der Waals surface area contributed by atoms with Gasteiger partial charge in [-0.2, -0.15) is 0 Å². The van der Waals surface area contributed by atoms with Crippen LogP contribution in [-0.2, 0) is 24.8 Å². The molecule has 10 heteroatoms. The molecule has 3 N–H and O–H groups in total. The number of carbonyl (C=O) groups is 1. The highest BCUT2D eigenvalue weighted by Gasteiger charge is 2.29. The third-order valence-corrected chi connectivity index (χ3v) is 8.81. The van der Waals surface area contributed by atoms with Crippen LogP contribution in [0.2, 0.25) is 0 Å². The molecule has 8 nitrogen and oxygen atoms in total. The lowest BCUT2D eigenvalue weighted by atomic mass is 9.86. The van der Waals surface area contributed by atoms with E-state index in [1.807, 2.05) is 0 Å². The topological polar surface area (TPSA) is 121 Å². The van der Waals surface area contributed by atoms with Gasteiger partial charge in [0.15, 0.2) is 0 Å². The molecule has 32 heavy (non-hydrogen) atoms.